The van der Waals surface area contributed by atoms with Crippen LogP contribution in [0.1, 0.15) is 31.2 Å². The molecule has 1 aliphatic rings. The third-order valence-electron chi connectivity index (χ3n) is 3.58. The minimum Gasteiger partial charge on any atom is -0.493 e. The van der Waals surface area contributed by atoms with Crippen LogP contribution in [0.2, 0.25) is 0 Å². The summed E-state index contributed by atoms with van der Waals surface area (Å²) < 4.78 is 17.1. The number of rotatable bonds is 7. The van der Waals surface area contributed by atoms with E-state index in [-0.39, 0.29) is 6.10 Å². The SMILES string of the molecule is COc1c(CCCCN)cccc1OC1CCCOC1. The molecule has 1 heterocycles. The minimum absolute atomic E-state index is 0.136. The average molecular weight is 279 g/mol. The molecular formula is C16H25NO3. The zero-order valence-corrected chi connectivity index (χ0v) is 12.3. The largest absolute Gasteiger partial charge is 0.493 e. The van der Waals surface area contributed by atoms with Gasteiger partial charge in [-0.3, -0.25) is 0 Å². The monoisotopic (exact) mass is 279 g/mol. The van der Waals surface area contributed by atoms with Crippen molar-refractivity contribution < 1.29 is 14.2 Å². The van der Waals surface area contributed by atoms with E-state index in [0.717, 1.165) is 56.8 Å². The number of benzene rings is 1. The maximum absolute atomic E-state index is 6.05. The molecule has 1 fully saturated rings. The Bertz CT molecular complexity index is 403. The van der Waals surface area contributed by atoms with Crippen molar-refractivity contribution >= 4 is 0 Å². The van der Waals surface area contributed by atoms with Gasteiger partial charge in [-0.2, -0.15) is 0 Å². The van der Waals surface area contributed by atoms with E-state index in [1.807, 2.05) is 12.1 Å². The average Bonchev–Trinajstić information content (AvgIpc) is 2.49. The standard InChI is InChI=1S/C16H25NO3/c1-18-16-13(6-2-3-10-17)7-4-9-15(16)20-14-8-5-11-19-12-14/h4,7,9,14H,2-3,5-6,8,10-12,17H2,1H3. The maximum atomic E-state index is 6.05. The molecule has 0 aliphatic carbocycles. The zero-order chi connectivity index (χ0) is 14.2. The second kappa shape index (κ2) is 8.12. The van der Waals surface area contributed by atoms with E-state index in [1.54, 1.807) is 7.11 Å². The molecule has 2 rings (SSSR count). The number of methoxy groups -OCH3 is 1. The molecule has 1 unspecified atom stereocenters. The van der Waals surface area contributed by atoms with Gasteiger partial charge in [0.2, 0.25) is 0 Å². The number of aryl methyl sites for hydroxylation is 1. The highest BCUT2D eigenvalue weighted by molar-refractivity contribution is 5.46. The van der Waals surface area contributed by atoms with E-state index < -0.39 is 0 Å². The number of hydrogen-bond acceptors (Lipinski definition) is 4. The normalized spacial score (nSPS) is 18.8. The summed E-state index contributed by atoms with van der Waals surface area (Å²) in [5, 5.41) is 0. The molecule has 2 N–H and O–H groups in total. The van der Waals surface area contributed by atoms with Crippen molar-refractivity contribution in [2.45, 2.75) is 38.2 Å². The molecule has 1 saturated heterocycles. The lowest BCUT2D eigenvalue weighted by molar-refractivity contribution is 0.00639. The highest BCUT2D eigenvalue weighted by Gasteiger charge is 2.18. The van der Waals surface area contributed by atoms with Gasteiger partial charge in [0, 0.05) is 6.61 Å². The molecule has 0 aromatic heterocycles. The Kier molecular flexibility index (Phi) is 6.15. The van der Waals surface area contributed by atoms with Crippen molar-refractivity contribution in [2.24, 2.45) is 5.73 Å². The van der Waals surface area contributed by atoms with E-state index in [9.17, 15) is 0 Å². The predicted octanol–water partition coefficient (Wildman–Crippen LogP) is 2.53. The molecule has 4 nitrogen and oxygen atoms in total. The molecule has 112 valence electrons. The maximum Gasteiger partial charge on any atom is 0.163 e. The van der Waals surface area contributed by atoms with Gasteiger partial charge < -0.3 is 19.9 Å². The summed E-state index contributed by atoms with van der Waals surface area (Å²) in [6.07, 6.45) is 5.31. The first-order valence-electron chi connectivity index (χ1n) is 7.45. The van der Waals surface area contributed by atoms with Gasteiger partial charge >= 0.3 is 0 Å². The van der Waals surface area contributed by atoms with Crippen LogP contribution < -0.4 is 15.2 Å². The number of hydrogen-bond donors (Lipinski definition) is 1. The number of nitrogens with two attached hydrogens (primary N) is 1. The van der Waals surface area contributed by atoms with Crippen LogP contribution in [0.15, 0.2) is 18.2 Å². The fraction of sp³-hybridized carbons (Fsp3) is 0.625. The van der Waals surface area contributed by atoms with Gasteiger partial charge in [-0.25, -0.2) is 0 Å². The van der Waals surface area contributed by atoms with Crippen LogP contribution in [0, 0.1) is 0 Å². The fourth-order valence-electron chi connectivity index (χ4n) is 2.53. The second-order valence-corrected chi connectivity index (χ2v) is 5.15. The highest BCUT2D eigenvalue weighted by Crippen LogP contribution is 2.33. The highest BCUT2D eigenvalue weighted by atomic mass is 16.5. The molecule has 0 radical (unpaired) electrons. The molecule has 0 spiro atoms. The Hall–Kier alpha value is -1.26. The van der Waals surface area contributed by atoms with Gasteiger partial charge in [0.1, 0.15) is 6.10 Å². The second-order valence-electron chi connectivity index (χ2n) is 5.15. The Morgan fingerprint density at radius 3 is 2.95 bits per heavy atom. The summed E-state index contributed by atoms with van der Waals surface area (Å²) >= 11 is 0. The van der Waals surface area contributed by atoms with Crippen LogP contribution in [-0.4, -0.2) is 33.0 Å². The van der Waals surface area contributed by atoms with Crippen molar-refractivity contribution in [3.8, 4) is 11.5 Å². The molecule has 20 heavy (non-hydrogen) atoms. The van der Waals surface area contributed by atoms with Gasteiger partial charge in [0.05, 0.1) is 13.7 Å². The van der Waals surface area contributed by atoms with E-state index in [0.29, 0.717) is 6.61 Å². The molecule has 1 aromatic carbocycles. The Labute approximate surface area is 121 Å². The van der Waals surface area contributed by atoms with Gasteiger partial charge in [0.15, 0.2) is 11.5 Å². The summed E-state index contributed by atoms with van der Waals surface area (Å²) in [6, 6.07) is 6.10. The summed E-state index contributed by atoms with van der Waals surface area (Å²) in [5.74, 6) is 1.68. The molecule has 0 bridgehead atoms. The molecule has 0 amide bonds. The van der Waals surface area contributed by atoms with Gasteiger partial charge in [-0.05, 0) is 50.3 Å². The molecule has 1 aromatic rings. The first-order valence-corrected chi connectivity index (χ1v) is 7.45. The van der Waals surface area contributed by atoms with Crippen molar-refractivity contribution in [3.63, 3.8) is 0 Å². The fourth-order valence-corrected chi connectivity index (χ4v) is 2.53. The third kappa shape index (κ3) is 4.12. The Morgan fingerprint density at radius 2 is 2.25 bits per heavy atom. The molecule has 1 aliphatic heterocycles. The first kappa shape index (κ1) is 15.1. The van der Waals surface area contributed by atoms with Crippen LogP contribution in [-0.2, 0) is 11.2 Å². The summed E-state index contributed by atoms with van der Waals surface area (Å²) in [5.41, 5.74) is 6.74. The van der Waals surface area contributed by atoms with Gasteiger partial charge in [-0.1, -0.05) is 12.1 Å². The summed E-state index contributed by atoms with van der Waals surface area (Å²) in [4.78, 5) is 0. The van der Waals surface area contributed by atoms with E-state index in [1.165, 1.54) is 5.56 Å². The molecular weight excluding hydrogens is 254 g/mol. The quantitative estimate of drug-likeness (QED) is 0.779. The van der Waals surface area contributed by atoms with Crippen LogP contribution in [0.3, 0.4) is 0 Å². The lowest BCUT2D eigenvalue weighted by Crippen LogP contribution is -2.28. The van der Waals surface area contributed by atoms with Crippen LogP contribution in [0.4, 0.5) is 0 Å². The number of para-hydroxylation sites is 1. The summed E-state index contributed by atoms with van der Waals surface area (Å²) in [6.45, 7) is 2.24. The number of ether oxygens (including phenoxy) is 3. The van der Waals surface area contributed by atoms with E-state index >= 15 is 0 Å². The molecule has 4 heteroatoms. The Morgan fingerprint density at radius 1 is 1.35 bits per heavy atom. The first-order chi connectivity index (χ1) is 9.85. The molecule has 0 saturated carbocycles. The third-order valence-corrected chi connectivity index (χ3v) is 3.58. The summed E-state index contributed by atoms with van der Waals surface area (Å²) in [7, 11) is 1.70. The minimum atomic E-state index is 0.136. The topological polar surface area (TPSA) is 53.7 Å². The van der Waals surface area contributed by atoms with Gasteiger partial charge in [-0.15, -0.1) is 0 Å². The van der Waals surface area contributed by atoms with E-state index in [2.05, 4.69) is 6.07 Å². The van der Waals surface area contributed by atoms with Crippen LogP contribution in [0.25, 0.3) is 0 Å². The number of unbranched alkanes of at least 4 members (excludes halogenated alkanes) is 1. The van der Waals surface area contributed by atoms with Crippen LogP contribution >= 0.6 is 0 Å². The van der Waals surface area contributed by atoms with Crippen molar-refractivity contribution in [1.29, 1.82) is 0 Å². The van der Waals surface area contributed by atoms with Crippen molar-refractivity contribution in [2.75, 3.05) is 26.9 Å². The van der Waals surface area contributed by atoms with Gasteiger partial charge in [0.25, 0.3) is 0 Å². The zero-order valence-electron chi connectivity index (χ0n) is 12.3. The van der Waals surface area contributed by atoms with Crippen LogP contribution in [0.5, 0.6) is 11.5 Å². The Balaban J connectivity index is 2.04. The van der Waals surface area contributed by atoms with E-state index in [4.69, 9.17) is 19.9 Å². The molecule has 1 atom stereocenters. The lowest BCUT2D eigenvalue weighted by atomic mass is 10.1. The predicted molar refractivity (Wildman–Crippen MR) is 79.5 cm³/mol. The lowest BCUT2D eigenvalue weighted by Gasteiger charge is -2.24. The van der Waals surface area contributed by atoms with Crippen molar-refractivity contribution in [1.82, 2.24) is 0 Å². The van der Waals surface area contributed by atoms with Crippen molar-refractivity contribution in [3.05, 3.63) is 23.8 Å². The smallest absolute Gasteiger partial charge is 0.163 e.